The first-order valence-corrected chi connectivity index (χ1v) is 10.1. The van der Waals surface area contributed by atoms with Crippen LogP contribution < -0.4 is 10.2 Å². The number of benzene rings is 2. The predicted molar refractivity (Wildman–Crippen MR) is 105 cm³/mol. The van der Waals surface area contributed by atoms with Crippen molar-refractivity contribution < 1.29 is 13.3 Å². The van der Waals surface area contributed by atoms with E-state index in [0.717, 1.165) is 31.9 Å². The minimum absolute atomic E-state index is 0.123. The molecule has 0 amide bonds. The van der Waals surface area contributed by atoms with Crippen LogP contribution in [-0.2, 0) is 11.4 Å². The number of hydrogen-bond donors (Lipinski definition) is 1. The quantitative estimate of drug-likeness (QED) is 0.656. The number of fused-ring (bicyclic) bond motifs is 1. The van der Waals surface area contributed by atoms with Crippen molar-refractivity contribution in [3.05, 3.63) is 59.2 Å². The van der Waals surface area contributed by atoms with Crippen LogP contribution in [0, 0.1) is 0 Å². The van der Waals surface area contributed by atoms with Crippen LogP contribution in [0.3, 0.4) is 0 Å². The molecule has 0 saturated carbocycles. The summed E-state index contributed by atoms with van der Waals surface area (Å²) in [6, 6.07) is 12.2. The van der Waals surface area contributed by atoms with Gasteiger partial charge in [0.15, 0.2) is 4.90 Å². The summed E-state index contributed by atoms with van der Waals surface area (Å²) < 4.78 is 41.7. The number of aromatic nitrogens is 1. The van der Waals surface area contributed by atoms with Gasteiger partial charge in [-0.1, -0.05) is 23.7 Å². The maximum atomic E-state index is 13.7. The maximum absolute atomic E-state index is 13.7. The van der Waals surface area contributed by atoms with E-state index in [2.05, 4.69) is 10.2 Å². The Balaban J connectivity index is 1.81. The highest BCUT2D eigenvalue weighted by Gasteiger charge is 2.26. The van der Waals surface area contributed by atoms with Gasteiger partial charge in [-0.25, -0.2) is 8.78 Å². The second kappa shape index (κ2) is 7.67. The van der Waals surface area contributed by atoms with Gasteiger partial charge in [-0.3, -0.25) is 0 Å². The number of halogens is 3. The summed E-state index contributed by atoms with van der Waals surface area (Å²) in [5.41, 5.74) is 1.28. The molecule has 0 spiro atoms. The van der Waals surface area contributed by atoms with Gasteiger partial charge in [-0.2, -0.15) is 3.97 Å². The van der Waals surface area contributed by atoms with E-state index in [1.54, 1.807) is 36.4 Å². The molecule has 4 rings (SSSR count). The van der Waals surface area contributed by atoms with E-state index in [0.29, 0.717) is 20.8 Å². The summed E-state index contributed by atoms with van der Waals surface area (Å²) in [4.78, 5) is 2.55. The molecule has 142 valence electrons. The van der Waals surface area contributed by atoms with Gasteiger partial charge >= 0.3 is 0 Å². The molecule has 1 aliphatic heterocycles. The first-order chi connectivity index (χ1) is 13.1. The highest BCUT2D eigenvalue weighted by atomic mass is 35.5. The molecule has 0 bridgehead atoms. The van der Waals surface area contributed by atoms with Crippen molar-refractivity contribution in [2.45, 2.75) is 11.3 Å². The van der Waals surface area contributed by atoms with Gasteiger partial charge in [0.25, 0.3) is 6.43 Å². The van der Waals surface area contributed by atoms with Gasteiger partial charge in [0, 0.05) is 42.8 Å². The Morgan fingerprint density at radius 3 is 2.56 bits per heavy atom. The van der Waals surface area contributed by atoms with Gasteiger partial charge in [-0.05, 0) is 30.3 Å². The molecule has 8 heteroatoms. The lowest BCUT2D eigenvalue weighted by Crippen LogP contribution is -2.43. The molecule has 4 nitrogen and oxygen atoms in total. The van der Waals surface area contributed by atoms with Gasteiger partial charge < -0.3 is 14.8 Å². The van der Waals surface area contributed by atoms with E-state index in [9.17, 15) is 13.3 Å². The number of nitrogens with one attached hydrogen (secondary N) is 1. The van der Waals surface area contributed by atoms with Crippen molar-refractivity contribution in [1.82, 2.24) is 9.29 Å². The van der Waals surface area contributed by atoms with Crippen LogP contribution in [0.1, 0.15) is 12.0 Å². The molecule has 1 fully saturated rings. The molecular weight excluding hydrogens is 392 g/mol. The lowest BCUT2D eigenvalue weighted by atomic mass is 10.1. The van der Waals surface area contributed by atoms with E-state index >= 15 is 0 Å². The van der Waals surface area contributed by atoms with Gasteiger partial charge in [0.05, 0.1) is 16.7 Å². The fourth-order valence-electron chi connectivity index (χ4n) is 3.34. The monoisotopic (exact) mass is 409 g/mol. The third kappa shape index (κ3) is 3.52. The molecule has 1 saturated heterocycles. The maximum Gasteiger partial charge on any atom is 0.266 e. The Labute approximate surface area is 164 Å². The van der Waals surface area contributed by atoms with Crippen molar-refractivity contribution in [3.63, 3.8) is 0 Å². The van der Waals surface area contributed by atoms with Crippen molar-refractivity contribution in [3.8, 4) is 0 Å². The van der Waals surface area contributed by atoms with Gasteiger partial charge in [0.1, 0.15) is 11.4 Å². The van der Waals surface area contributed by atoms with Crippen LogP contribution in [-0.4, -0.2) is 34.7 Å². The number of rotatable bonds is 4. The molecule has 27 heavy (non-hydrogen) atoms. The summed E-state index contributed by atoms with van der Waals surface area (Å²) in [7, 11) is 0. The number of nitrogens with zero attached hydrogens (tertiary/aromatic N) is 2. The topological polar surface area (TPSA) is 43.3 Å². The van der Waals surface area contributed by atoms with Crippen molar-refractivity contribution >= 4 is 39.6 Å². The summed E-state index contributed by atoms with van der Waals surface area (Å²) in [6.07, 6.45) is -1.38. The number of anilines is 1. The molecule has 0 radical (unpaired) electrons. The Bertz CT molecular complexity index is 959. The van der Waals surface area contributed by atoms with E-state index in [4.69, 9.17) is 11.6 Å². The van der Waals surface area contributed by atoms with Gasteiger partial charge in [0.2, 0.25) is 0 Å². The second-order valence-electron chi connectivity index (χ2n) is 6.33. The Kier molecular flexibility index (Phi) is 5.27. The largest absolute Gasteiger partial charge is 0.587 e. The van der Waals surface area contributed by atoms with Crippen molar-refractivity contribution in [2.75, 3.05) is 31.1 Å². The average Bonchev–Trinajstić information content (AvgIpc) is 3.07. The molecule has 1 unspecified atom stereocenters. The smallest absolute Gasteiger partial charge is 0.266 e. The van der Waals surface area contributed by atoms with Crippen LogP contribution in [0.4, 0.5) is 14.5 Å². The van der Waals surface area contributed by atoms with E-state index in [-0.39, 0.29) is 5.56 Å². The minimum atomic E-state index is -2.66. The van der Waals surface area contributed by atoms with Crippen molar-refractivity contribution in [1.29, 1.82) is 0 Å². The average molecular weight is 410 g/mol. The second-order valence-corrected chi connectivity index (χ2v) is 8.07. The first kappa shape index (κ1) is 18.6. The first-order valence-electron chi connectivity index (χ1n) is 8.62. The SMILES string of the molecule is [O-][S+](c1ccccc1Cl)n1cc(C(F)F)c2cc(N3CCNCC3)ccc21. The van der Waals surface area contributed by atoms with Gasteiger partial charge in [-0.15, -0.1) is 0 Å². The van der Waals surface area contributed by atoms with Crippen LogP contribution in [0.25, 0.3) is 10.9 Å². The summed E-state index contributed by atoms with van der Waals surface area (Å²) in [5.74, 6) is 0. The number of alkyl halides is 2. The molecule has 3 aromatic rings. The number of piperazine rings is 1. The van der Waals surface area contributed by atoms with E-state index < -0.39 is 17.8 Å². The summed E-state index contributed by atoms with van der Waals surface area (Å²) in [5, 5.41) is 4.03. The Morgan fingerprint density at radius 2 is 1.85 bits per heavy atom. The zero-order valence-corrected chi connectivity index (χ0v) is 15.9. The van der Waals surface area contributed by atoms with Crippen LogP contribution in [0.2, 0.25) is 5.02 Å². The zero-order valence-electron chi connectivity index (χ0n) is 14.4. The Morgan fingerprint density at radius 1 is 1.11 bits per heavy atom. The van der Waals surface area contributed by atoms with Crippen LogP contribution in [0.5, 0.6) is 0 Å². The van der Waals surface area contributed by atoms with Crippen molar-refractivity contribution in [2.24, 2.45) is 0 Å². The van der Waals surface area contributed by atoms with Crippen LogP contribution >= 0.6 is 11.6 Å². The normalized spacial score (nSPS) is 16.3. The molecule has 1 aliphatic rings. The molecule has 2 heterocycles. The molecule has 1 N–H and O–H groups in total. The highest BCUT2D eigenvalue weighted by molar-refractivity contribution is 7.90. The molecular formula is C19H18ClF2N3OS. The Hall–Kier alpha value is -1.80. The zero-order chi connectivity index (χ0) is 19.0. The summed E-state index contributed by atoms with van der Waals surface area (Å²) >= 11 is 4.44. The fraction of sp³-hybridized carbons (Fsp3) is 0.263. The number of hydrogen-bond acceptors (Lipinski definition) is 3. The highest BCUT2D eigenvalue weighted by Crippen LogP contribution is 2.35. The molecule has 1 aromatic heterocycles. The van der Waals surface area contributed by atoms with Crippen LogP contribution in [0.15, 0.2) is 53.6 Å². The van der Waals surface area contributed by atoms with E-state index in [1.807, 2.05) is 6.07 Å². The lowest BCUT2D eigenvalue weighted by Gasteiger charge is -2.29. The third-order valence-electron chi connectivity index (χ3n) is 4.71. The molecule has 1 atom stereocenters. The molecule has 0 aliphatic carbocycles. The third-order valence-corrected chi connectivity index (χ3v) is 6.54. The lowest BCUT2D eigenvalue weighted by molar-refractivity contribution is 0.153. The predicted octanol–water partition coefficient (Wildman–Crippen LogP) is 4.21. The fourth-order valence-corrected chi connectivity index (χ4v) is 4.86. The van der Waals surface area contributed by atoms with E-state index in [1.165, 1.54) is 10.2 Å². The molecule has 2 aromatic carbocycles. The summed E-state index contributed by atoms with van der Waals surface area (Å²) in [6.45, 7) is 3.36. The standard InChI is InChI=1S/C19H18ClF2N3OS/c20-16-3-1-2-4-18(16)27(26)25-12-15(19(21)22)14-11-13(5-6-17(14)25)24-9-7-23-8-10-24/h1-6,11-12,19,23H,7-10H2. The minimum Gasteiger partial charge on any atom is -0.587 e.